The lowest BCUT2D eigenvalue weighted by atomic mass is 10.3. The van der Waals surface area contributed by atoms with Gasteiger partial charge in [0.1, 0.15) is 4.90 Å². The lowest BCUT2D eigenvalue weighted by Gasteiger charge is -2.11. The van der Waals surface area contributed by atoms with E-state index in [1.54, 1.807) is 23.9 Å². The van der Waals surface area contributed by atoms with Gasteiger partial charge in [-0.25, -0.2) is 13.1 Å². The van der Waals surface area contributed by atoms with Gasteiger partial charge in [0.05, 0.1) is 5.69 Å². The summed E-state index contributed by atoms with van der Waals surface area (Å²) in [4.78, 5) is 0.0565. The Morgan fingerprint density at radius 3 is 2.60 bits per heavy atom. The Bertz CT molecular complexity index is 530. The summed E-state index contributed by atoms with van der Waals surface area (Å²) in [6, 6.07) is 3.19. The van der Waals surface area contributed by atoms with Crippen molar-refractivity contribution in [3.63, 3.8) is 0 Å². The zero-order valence-electron chi connectivity index (χ0n) is 10.6. The smallest absolute Gasteiger partial charge is 0.243 e. The van der Waals surface area contributed by atoms with Crippen LogP contribution in [0.2, 0.25) is 0 Å². The van der Waals surface area contributed by atoms with Crippen LogP contribution in [0.1, 0.15) is 6.42 Å². The van der Waals surface area contributed by atoms with Gasteiger partial charge in [0.15, 0.2) is 0 Å². The standard InChI is InChI=1S/C11H16Br2N2O3S2/c12-8-6-9(13)11(10(14)7-8)20(17,18)15-2-5-19-4-1-3-16/h6-7,15-16H,1-5,14H2. The molecule has 0 amide bonds. The minimum Gasteiger partial charge on any atom is -0.398 e. The zero-order valence-corrected chi connectivity index (χ0v) is 15.4. The molecule has 114 valence electrons. The molecule has 0 saturated carbocycles. The lowest BCUT2D eigenvalue weighted by molar-refractivity contribution is 0.296. The van der Waals surface area contributed by atoms with Gasteiger partial charge in [-0.1, -0.05) is 15.9 Å². The molecule has 5 nitrogen and oxygen atoms in total. The van der Waals surface area contributed by atoms with Gasteiger partial charge in [0, 0.05) is 27.8 Å². The van der Waals surface area contributed by atoms with Crippen molar-refractivity contribution in [2.75, 3.05) is 30.4 Å². The molecule has 0 aliphatic carbocycles. The molecule has 0 radical (unpaired) electrons. The van der Waals surface area contributed by atoms with Crippen molar-refractivity contribution in [1.29, 1.82) is 0 Å². The highest BCUT2D eigenvalue weighted by molar-refractivity contribution is 9.11. The first-order valence-electron chi connectivity index (χ1n) is 5.81. The number of nitrogen functional groups attached to an aromatic ring is 1. The molecule has 1 aromatic rings. The minimum absolute atomic E-state index is 0.0565. The van der Waals surface area contributed by atoms with E-state index < -0.39 is 10.0 Å². The van der Waals surface area contributed by atoms with E-state index in [-0.39, 0.29) is 17.2 Å². The average Bonchev–Trinajstić information content (AvgIpc) is 2.31. The molecule has 0 saturated heterocycles. The summed E-state index contributed by atoms with van der Waals surface area (Å²) in [5.41, 5.74) is 5.95. The number of nitrogens with one attached hydrogen (secondary N) is 1. The maximum absolute atomic E-state index is 12.2. The molecule has 20 heavy (non-hydrogen) atoms. The van der Waals surface area contributed by atoms with Gasteiger partial charge in [-0.2, -0.15) is 11.8 Å². The van der Waals surface area contributed by atoms with Gasteiger partial charge in [-0.3, -0.25) is 0 Å². The van der Waals surface area contributed by atoms with Crippen LogP contribution in [0.25, 0.3) is 0 Å². The molecule has 0 spiro atoms. The fourth-order valence-electron chi connectivity index (χ4n) is 1.45. The van der Waals surface area contributed by atoms with Gasteiger partial charge < -0.3 is 10.8 Å². The van der Waals surface area contributed by atoms with E-state index in [2.05, 4.69) is 36.6 Å². The lowest BCUT2D eigenvalue weighted by Crippen LogP contribution is -2.27. The Hall–Kier alpha value is 0.200. The molecule has 0 aliphatic heterocycles. The minimum atomic E-state index is -3.64. The van der Waals surface area contributed by atoms with Crippen LogP contribution in [-0.2, 0) is 10.0 Å². The van der Waals surface area contributed by atoms with Crippen LogP contribution in [-0.4, -0.2) is 38.2 Å². The highest BCUT2D eigenvalue weighted by atomic mass is 79.9. The summed E-state index contributed by atoms with van der Waals surface area (Å²) in [5, 5.41) is 8.64. The second-order valence-corrected chi connectivity index (χ2v) is 8.59. The average molecular weight is 448 g/mol. The maximum atomic E-state index is 12.2. The molecule has 0 heterocycles. The highest BCUT2D eigenvalue weighted by Gasteiger charge is 2.21. The molecule has 0 aliphatic rings. The predicted octanol–water partition coefficient (Wildman–Crippen LogP) is 2.19. The largest absolute Gasteiger partial charge is 0.398 e. The third kappa shape index (κ3) is 5.53. The Morgan fingerprint density at radius 2 is 2.00 bits per heavy atom. The predicted molar refractivity (Wildman–Crippen MR) is 90.5 cm³/mol. The number of anilines is 1. The van der Waals surface area contributed by atoms with E-state index in [9.17, 15) is 8.42 Å². The van der Waals surface area contributed by atoms with Gasteiger partial charge in [-0.15, -0.1) is 0 Å². The highest BCUT2D eigenvalue weighted by Crippen LogP contribution is 2.31. The fraction of sp³-hybridized carbons (Fsp3) is 0.455. The van der Waals surface area contributed by atoms with Crippen molar-refractivity contribution < 1.29 is 13.5 Å². The van der Waals surface area contributed by atoms with Crippen molar-refractivity contribution in [3.8, 4) is 0 Å². The van der Waals surface area contributed by atoms with E-state index >= 15 is 0 Å². The normalized spacial score (nSPS) is 11.8. The van der Waals surface area contributed by atoms with E-state index in [1.165, 1.54) is 0 Å². The molecule has 0 bridgehead atoms. The summed E-state index contributed by atoms with van der Waals surface area (Å²) >= 11 is 8.05. The number of rotatable bonds is 8. The zero-order chi connectivity index (χ0) is 15.2. The summed E-state index contributed by atoms with van der Waals surface area (Å²) in [5.74, 6) is 1.45. The van der Waals surface area contributed by atoms with Crippen molar-refractivity contribution in [2.45, 2.75) is 11.3 Å². The van der Waals surface area contributed by atoms with E-state index in [1.807, 2.05) is 0 Å². The molecule has 0 atom stereocenters. The van der Waals surface area contributed by atoms with Crippen LogP contribution >= 0.6 is 43.6 Å². The number of nitrogens with two attached hydrogens (primary N) is 1. The molecule has 0 fully saturated rings. The quantitative estimate of drug-likeness (QED) is 0.419. The third-order valence-electron chi connectivity index (χ3n) is 2.29. The Balaban J connectivity index is 2.66. The molecular formula is C11H16Br2N2O3S2. The number of hydrogen-bond acceptors (Lipinski definition) is 5. The van der Waals surface area contributed by atoms with Crippen LogP contribution in [0.15, 0.2) is 26.0 Å². The van der Waals surface area contributed by atoms with E-state index in [0.717, 1.165) is 5.75 Å². The van der Waals surface area contributed by atoms with Crippen molar-refractivity contribution in [3.05, 3.63) is 21.1 Å². The number of aliphatic hydroxyl groups excluding tert-OH is 1. The first kappa shape index (κ1) is 18.2. The van der Waals surface area contributed by atoms with Crippen LogP contribution in [0, 0.1) is 0 Å². The number of benzene rings is 1. The summed E-state index contributed by atoms with van der Waals surface area (Å²) in [6.45, 7) is 0.474. The Morgan fingerprint density at radius 1 is 1.30 bits per heavy atom. The maximum Gasteiger partial charge on any atom is 0.243 e. The van der Waals surface area contributed by atoms with Crippen LogP contribution in [0.3, 0.4) is 0 Å². The summed E-state index contributed by atoms with van der Waals surface area (Å²) in [6.07, 6.45) is 0.711. The second-order valence-electron chi connectivity index (χ2n) is 3.89. The molecule has 4 N–H and O–H groups in total. The van der Waals surface area contributed by atoms with Gasteiger partial charge in [0.2, 0.25) is 10.0 Å². The van der Waals surface area contributed by atoms with Gasteiger partial charge in [0.25, 0.3) is 0 Å². The van der Waals surface area contributed by atoms with Crippen LogP contribution < -0.4 is 10.5 Å². The summed E-state index contributed by atoms with van der Waals surface area (Å²) < 4.78 is 28.0. The molecular weight excluding hydrogens is 432 g/mol. The first-order valence-corrected chi connectivity index (χ1v) is 10.0. The number of thioether (sulfide) groups is 1. The van der Waals surface area contributed by atoms with Crippen molar-refractivity contribution in [1.82, 2.24) is 4.72 Å². The molecule has 0 unspecified atom stereocenters. The molecule has 9 heteroatoms. The van der Waals surface area contributed by atoms with Crippen LogP contribution in [0.5, 0.6) is 0 Å². The molecule has 1 rings (SSSR count). The van der Waals surface area contributed by atoms with Gasteiger partial charge in [-0.05, 0) is 40.2 Å². The molecule has 0 aromatic heterocycles. The SMILES string of the molecule is Nc1cc(Br)cc(Br)c1S(=O)(=O)NCCSCCCO. The fourth-order valence-corrected chi connectivity index (χ4v) is 5.46. The molecule has 1 aromatic carbocycles. The summed E-state index contributed by atoms with van der Waals surface area (Å²) in [7, 11) is -3.64. The number of aliphatic hydroxyl groups is 1. The number of hydrogen-bond donors (Lipinski definition) is 3. The van der Waals surface area contributed by atoms with E-state index in [0.29, 0.717) is 27.7 Å². The van der Waals surface area contributed by atoms with Gasteiger partial charge >= 0.3 is 0 Å². The van der Waals surface area contributed by atoms with Crippen LogP contribution in [0.4, 0.5) is 5.69 Å². The Kier molecular flexibility index (Phi) is 7.84. The van der Waals surface area contributed by atoms with Crippen molar-refractivity contribution >= 4 is 59.3 Å². The third-order valence-corrected chi connectivity index (χ3v) is 6.28. The second kappa shape index (κ2) is 8.60. The topological polar surface area (TPSA) is 92.4 Å². The number of halogens is 2. The first-order chi connectivity index (χ1) is 9.38. The number of sulfonamides is 1. The van der Waals surface area contributed by atoms with E-state index in [4.69, 9.17) is 10.8 Å². The monoisotopic (exact) mass is 446 g/mol. The van der Waals surface area contributed by atoms with Crippen molar-refractivity contribution in [2.24, 2.45) is 0 Å². The Labute approximate surface area is 140 Å².